The van der Waals surface area contributed by atoms with Crippen LogP contribution in [0.15, 0.2) is 120 Å². The minimum absolute atomic E-state index is 0.888. The number of rotatable bonds is 3. The van der Waals surface area contributed by atoms with Gasteiger partial charge in [-0.15, -0.1) is 0 Å². The molecule has 40 heavy (non-hydrogen) atoms. The summed E-state index contributed by atoms with van der Waals surface area (Å²) in [6.45, 7) is 4.42. The van der Waals surface area contributed by atoms with Crippen molar-refractivity contribution in [1.29, 1.82) is 0 Å². The van der Waals surface area contributed by atoms with Crippen LogP contribution in [0.1, 0.15) is 18.1 Å². The van der Waals surface area contributed by atoms with E-state index in [1.807, 2.05) is 12.1 Å². The van der Waals surface area contributed by atoms with E-state index in [2.05, 4.69) is 117 Å². The van der Waals surface area contributed by atoms with E-state index in [-0.39, 0.29) is 0 Å². The molecule has 0 aliphatic carbocycles. The first-order valence-corrected chi connectivity index (χ1v) is 14.0. The Labute approximate surface area is 232 Å². The second-order valence-corrected chi connectivity index (χ2v) is 10.6. The molecule has 0 bridgehead atoms. The van der Waals surface area contributed by atoms with Crippen molar-refractivity contribution >= 4 is 54.3 Å². The van der Waals surface area contributed by atoms with Gasteiger partial charge in [0.1, 0.15) is 11.2 Å². The normalized spacial score (nSPS) is 11.8. The lowest BCUT2D eigenvalue weighted by Crippen LogP contribution is -1.97. The molecule has 0 aliphatic heterocycles. The highest BCUT2D eigenvalue weighted by atomic mass is 16.3. The average Bonchev–Trinajstić information content (AvgIpc) is 3.40. The second-order valence-electron chi connectivity index (χ2n) is 10.6. The lowest BCUT2D eigenvalue weighted by atomic mass is 9.89. The summed E-state index contributed by atoms with van der Waals surface area (Å²) in [6.07, 6.45) is 0.910. The van der Waals surface area contributed by atoms with Crippen molar-refractivity contribution in [3.8, 4) is 22.5 Å². The van der Waals surface area contributed by atoms with Crippen LogP contribution < -0.4 is 0 Å². The van der Waals surface area contributed by atoms with Crippen LogP contribution in [-0.2, 0) is 6.42 Å². The Kier molecular flexibility index (Phi) is 5.05. The molecule has 0 radical (unpaired) electrons. The molecule has 6 aromatic carbocycles. The zero-order chi connectivity index (χ0) is 26.8. The van der Waals surface area contributed by atoms with Gasteiger partial charge < -0.3 is 4.42 Å². The number of para-hydroxylation sites is 2. The minimum Gasteiger partial charge on any atom is -0.455 e. The van der Waals surface area contributed by atoms with Crippen molar-refractivity contribution in [3.05, 3.63) is 126 Å². The van der Waals surface area contributed by atoms with Crippen LogP contribution in [0.3, 0.4) is 0 Å². The SMILES string of the molecule is CCc1ccc(-c2cccc3c2oc2ccccc23)nc1-c1cc2c3ccccc3c3ccccc3c2cc1C. The number of hydrogen-bond donors (Lipinski definition) is 0. The number of fused-ring (bicyclic) bond motifs is 9. The van der Waals surface area contributed by atoms with Crippen LogP contribution in [-0.4, -0.2) is 4.98 Å². The van der Waals surface area contributed by atoms with E-state index in [1.54, 1.807) is 0 Å². The van der Waals surface area contributed by atoms with Crippen molar-refractivity contribution in [2.45, 2.75) is 20.3 Å². The monoisotopic (exact) mass is 513 g/mol. The van der Waals surface area contributed by atoms with Crippen LogP contribution in [0.5, 0.6) is 0 Å². The Bertz CT molecular complexity index is 2270. The molecular formula is C38H27NO. The smallest absolute Gasteiger partial charge is 0.144 e. The Hall–Kier alpha value is -4.95. The average molecular weight is 514 g/mol. The third kappa shape index (κ3) is 3.32. The summed E-state index contributed by atoms with van der Waals surface area (Å²) in [5.74, 6) is 0. The van der Waals surface area contributed by atoms with Gasteiger partial charge in [-0.05, 0) is 81.1 Å². The summed E-state index contributed by atoms with van der Waals surface area (Å²) in [5, 5.41) is 9.96. The van der Waals surface area contributed by atoms with Gasteiger partial charge in [-0.25, -0.2) is 4.98 Å². The molecule has 0 aliphatic rings. The van der Waals surface area contributed by atoms with Crippen molar-refractivity contribution in [3.63, 3.8) is 0 Å². The Morgan fingerprint density at radius 3 is 1.85 bits per heavy atom. The molecule has 0 fully saturated rings. The lowest BCUT2D eigenvalue weighted by Gasteiger charge is -2.16. The molecule has 2 nitrogen and oxygen atoms in total. The number of nitrogens with zero attached hydrogens (tertiary/aromatic N) is 1. The molecule has 0 saturated heterocycles. The van der Waals surface area contributed by atoms with E-state index < -0.39 is 0 Å². The molecule has 2 heterocycles. The zero-order valence-corrected chi connectivity index (χ0v) is 22.5. The van der Waals surface area contributed by atoms with Crippen molar-refractivity contribution in [2.24, 2.45) is 0 Å². The maximum absolute atomic E-state index is 6.37. The number of aromatic nitrogens is 1. The lowest BCUT2D eigenvalue weighted by molar-refractivity contribution is 0.670. The second kappa shape index (κ2) is 8.79. The third-order valence-corrected chi connectivity index (χ3v) is 8.38. The highest BCUT2D eigenvalue weighted by Crippen LogP contribution is 2.40. The highest BCUT2D eigenvalue weighted by Gasteiger charge is 2.17. The first-order valence-electron chi connectivity index (χ1n) is 14.0. The first kappa shape index (κ1) is 23.0. The molecule has 0 N–H and O–H groups in total. The fourth-order valence-electron chi connectivity index (χ4n) is 6.42. The number of pyridine rings is 1. The molecule has 0 unspecified atom stereocenters. The molecule has 8 aromatic rings. The predicted molar refractivity (Wildman–Crippen MR) is 169 cm³/mol. The number of aryl methyl sites for hydroxylation is 2. The van der Waals surface area contributed by atoms with Gasteiger partial charge in [0.15, 0.2) is 0 Å². The van der Waals surface area contributed by atoms with Crippen molar-refractivity contribution in [2.75, 3.05) is 0 Å². The number of hydrogen-bond acceptors (Lipinski definition) is 2. The van der Waals surface area contributed by atoms with Crippen LogP contribution in [0, 0.1) is 6.92 Å². The van der Waals surface area contributed by atoms with E-state index in [0.29, 0.717) is 0 Å². The predicted octanol–water partition coefficient (Wildman–Crippen LogP) is 10.6. The van der Waals surface area contributed by atoms with E-state index in [4.69, 9.17) is 9.40 Å². The topological polar surface area (TPSA) is 26.0 Å². The maximum atomic E-state index is 6.37. The standard InChI is InChI=1S/C38H27NO/c1-3-24-19-20-35(31-17-10-16-30-29-15-8-9-18-36(29)40-38(30)31)39-37(24)32-22-34-28-14-7-5-12-26(28)25-11-4-6-13-27(25)33(34)21-23(32)2/h4-22H,3H2,1-2H3. The highest BCUT2D eigenvalue weighted by molar-refractivity contribution is 6.26. The van der Waals surface area contributed by atoms with Gasteiger partial charge in [0.05, 0.1) is 11.4 Å². The molecule has 0 amide bonds. The molecule has 0 saturated carbocycles. The van der Waals surface area contributed by atoms with Gasteiger partial charge in [-0.3, -0.25) is 0 Å². The third-order valence-electron chi connectivity index (χ3n) is 8.38. The molecule has 190 valence electrons. The summed E-state index contributed by atoms with van der Waals surface area (Å²) in [4.78, 5) is 5.35. The fraction of sp³-hybridized carbons (Fsp3) is 0.0789. The summed E-state index contributed by atoms with van der Waals surface area (Å²) in [6, 6.07) is 41.2. The minimum atomic E-state index is 0.888. The van der Waals surface area contributed by atoms with Gasteiger partial charge in [-0.1, -0.05) is 97.9 Å². The van der Waals surface area contributed by atoms with Gasteiger partial charge in [-0.2, -0.15) is 0 Å². The van der Waals surface area contributed by atoms with Gasteiger partial charge in [0.25, 0.3) is 0 Å². The molecule has 0 spiro atoms. The molecule has 8 rings (SSSR count). The maximum Gasteiger partial charge on any atom is 0.144 e. The first-order chi connectivity index (χ1) is 19.7. The fourth-order valence-corrected chi connectivity index (χ4v) is 6.42. The van der Waals surface area contributed by atoms with E-state index >= 15 is 0 Å². The Morgan fingerprint density at radius 2 is 1.15 bits per heavy atom. The van der Waals surface area contributed by atoms with E-state index in [1.165, 1.54) is 49.0 Å². The van der Waals surface area contributed by atoms with Crippen molar-refractivity contribution < 1.29 is 4.42 Å². The summed E-state index contributed by atoms with van der Waals surface area (Å²) >= 11 is 0. The quantitative estimate of drug-likeness (QED) is 0.220. The van der Waals surface area contributed by atoms with Gasteiger partial charge >= 0.3 is 0 Å². The summed E-state index contributed by atoms with van der Waals surface area (Å²) in [7, 11) is 0. The van der Waals surface area contributed by atoms with Crippen LogP contribution in [0.4, 0.5) is 0 Å². The van der Waals surface area contributed by atoms with Gasteiger partial charge in [0, 0.05) is 21.9 Å². The van der Waals surface area contributed by atoms with E-state index in [0.717, 1.165) is 45.3 Å². The summed E-state index contributed by atoms with van der Waals surface area (Å²) in [5.41, 5.74) is 8.45. The molecule has 2 heteroatoms. The number of benzene rings is 6. The van der Waals surface area contributed by atoms with Crippen LogP contribution in [0.25, 0.3) is 76.8 Å². The molecular weight excluding hydrogens is 486 g/mol. The summed E-state index contributed by atoms with van der Waals surface area (Å²) < 4.78 is 6.37. The van der Waals surface area contributed by atoms with Gasteiger partial charge in [0.2, 0.25) is 0 Å². The van der Waals surface area contributed by atoms with Crippen molar-refractivity contribution in [1.82, 2.24) is 4.98 Å². The number of furan rings is 1. The van der Waals surface area contributed by atoms with Crippen LogP contribution >= 0.6 is 0 Å². The molecule has 2 aromatic heterocycles. The largest absolute Gasteiger partial charge is 0.455 e. The molecule has 0 atom stereocenters. The zero-order valence-electron chi connectivity index (χ0n) is 22.5. The van der Waals surface area contributed by atoms with Crippen LogP contribution in [0.2, 0.25) is 0 Å². The Balaban J connectivity index is 1.40. The Morgan fingerprint density at radius 1 is 0.550 bits per heavy atom. The van der Waals surface area contributed by atoms with E-state index in [9.17, 15) is 0 Å².